The van der Waals surface area contributed by atoms with Gasteiger partial charge in [-0.15, -0.1) is 0 Å². The zero-order valence-corrected chi connectivity index (χ0v) is 10.5. The van der Waals surface area contributed by atoms with Crippen molar-refractivity contribution in [3.05, 3.63) is 35.9 Å². The molecule has 0 unspecified atom stereocenters. The standard InChI is InChI=1S/C14H17NO4/c16-13(11-8-12(11)14(17)18)15-6-7-19-9-10-4-2-1-3-5-10/h1-5,11-12H,6-9H2,(H,15,16)(H,17,18)/t11-,12+/m0/s1. The minimum absolute atomic E-state index is 0.185. The summed E-state index contributed by atoms with van der Waals surface area (Å²) in [5.41, 5.74) is 1.09. The molecule has 2 rings (SSSR count). The van der Waals surface area contributed by atoms with Crippen LogP contribution in [-0.4, -0.2) is 30.1 Å². The Morgan fingerprint density at radius 2 is 2.00 bits per heavy atom. The summed E-state index contributed by atoms with van der Waals surface area (Å²) in [5, 5.41) is 11.4. The van der Waals surface area contributed by atoms with E-state index in [0.29, 0.717) is 26.2 Å². The second-order valence-electron chi connectivity index (χ2n) is 4.62. The van der Waals surface area contributed by atoms with E-state index in [-0.39, 0.29) is 11.8 Å². The SMILES string of the molecule is O=C(NCCOCc1ccccc1)[C@H]1C[C@H]1C(=O)O. The highest BCUT2D eigenvalue weighted by Gasteiger charge is 2.48. The lowest BCUT2D eigenvalue weighted by Crippen LogP contribution is -2.29. The number of aliphatic carboxylic acids is 1. The van der Waals surface area contributed by atoms with E-state index < -0.39 is 11.9 Å². The Morgan fingerprint density at radius 1 is 1.26 bits per heavy atom. The lowest BCUT2D eigenvalue weighted by Gasteiger charge is -2.06. The van der Waals surface area contributed by atoms with Crippen LogP contribution in [0.4, 0.5) is 0 Å². The third kappa shape index (κ3) is 4.06. The van der Waals surface area contributed by atoms with Gasteiger partial charge in [-0.2, -0.15) is 0 Å². The highest BCUT2D eigenvalue weighted by Crippen LogP contribution is 2.38. The molecule has 1 aromatic rings. The summed E-state index contributed by atoms with van der Waals surface area (Å²) in [6, 6.07) is 9.78. The molecule has 1 saturated carbocycles. The number of carboxylic acids is 1. The van der Waals surface area contributed by atoms with Gasteiger partial charge in [0.05, 0.1) is 25.0 Å². The van der Waals surface area contributed by atoms with Crippen LogP contribution >= 0.6 is 0 Å². The molecule has 0 radical (unpaired) electrons. The van der Waals surface area contributed by atoms with Gasteiger partial charge in [0.25, 0.3) is 0 Å². The Labute approximate surface area is 111 Å². The second-order valence-corrected chi connectivity index (χ2v) is 4.62. The zero-order chi connectivity index (χ0) is 13.7. The van der Waals surface area contributed by atoms with Gasteiger partial charge in [-0.05, 0) is 12.0 Å². The molecule has 2 atom stereocenters. The lowest BCUT2D eigenvalue weighted by molar-refractivity contribution is -0.140. The molecule has 0 aromatic heterocycles. The summed E-state index contributed by atoms with van der Waals surface area (Å²) in [6.45, 7) is 1.34. The van der Waals surface area contributed by atoms with Gasteiger partial charge in [0, 0.05) is 6.54 Å². The summed E-state index contributed by atoms with van der Waals surface area (Å²) in [4.78, 5) is 22.1. The van der Waals surface area contributed by atoms with Gasteiger partial charge in [0.1, 0.15) is 0 Å². The molecule has 1 aliphatic carbocycles. The van der Waals surface area contributed by atoms with Crippen molar-refractivity contribution in [2.24, 2.45) is 11.8 Å². The van der Waals surface area contributed by atoms with Crippen LogP contribution in [0, 0.1) is 11.8 Å². The number of hydrogen-bond donors (Lipinski definition) is 2. The average Bonchev–Trinajstić information content (AvgIpc) is 3.20. The van der Waals surface area contributed by atoms with Crippen molar-refractivity contribution < 1.29 is 19.4 Å². The minimum Gasteiger partial charge on any atom is -0.481 e. The average molecular weight is 263 g/mol. The van der Waals surface area contributed by atoms with Crippen molar-refractivity contribution in [3.8, 4) is 0 Å². The molecule has 19 heavy (non-hydrogen) atoms. The fourth-order valence-corrected chi connectivity index (χ4v) is 1.90. The minimum atomic E-state index is -0.888. The van der Waals surface area contributed by atoms with Gasteiger partial charge in [-0.3, -0.25) is 9.59 Å². The van der Waals surface area contributed by atoms with Gasteiger partial charge in [-0.25, -0.2) is 0 Å². The monoisotopic (exact) mass is 263 g/mol. The smallest absolute Gasteiger partial charge is 0.307 e. The fourth-order valence-electron chi connectivity index (χ4n) is 1.90. The summed E-state index contributed by atoms with van der Waals surface area (Å²) >= 11 is 0. The van der Waals surface area contributed by atoms with Gasteiger partial charge >= 0.3 is 5.97 Å². The van der Waals surface area contributed by atoms with Gasteiger partial charge < -0.3 is 15.2 Å². The first-order valence-corrected chi connectivity index (χ1v) is 6.30. The molecule has 0 spiro atoms. The van der Waals surface area contributed by atoms with Crippen LogP contribution in [0.3, 0.4) is 0 Å². The zero-order valence-electron chi connectivity index (χ0n) is 10.5. The first-order valence-electron chi connectivity index (χ1n) is 6.30. The summed E-state index contributed by atoms with van der Waals surface area (Å²) in [5.74, 6) is -1.92. The number of carbonyl (C=O) groups is 2. The molecular formula is C14H17NO4. The topological polar surface area (TPSA) is 75.6 Å². The molecule has 0 heterocycles. The van der Waals surface area contributed by atoms with Crippen LogP contribution in [-0.2, 0) is 20.9 Å². The predicted molar refractivity (Wildman–Crippen MR) is 68.3 cm³/mol. The number of carboxylic acid groups (broad SMARTS) is 1. The van der Waals surface area contributed by atoms with Crippen LogP contribution in [0.2, 0.25) is 0 Å². The van der Waals surface area contributed by atoms with Crippen molar-refractivity contribution in [1.82, 2.24) is 5.32 Å². The van der Waals surface area contributed by atoms with Crippen LogP contribution in [0.1, 0.15) is 12.0 Å². The molecule has 1 aromatic carbocycles. The molecule has 0 aliphatic heterocycles. The maximum absolute atomic E-state index is 11.5. The molecular weight excluding hydrogens is 246 g/mol. The number of ether oxygens (including phenoxy) is 1. The van der Waals surface area contributed by atoms with E-state index in [4.69, 9.17) is 9.84 Å². The van der Waals surface area contributed by atoms with E-state index in [1.54, 1.807) is 0 Å². The van der Waals surface area contributed by atoms with E-state index in [1.165, 1.54) is 0 Å². The van der Waals surface area contributed by atoms with E-state index in [9.17, 15) is 9.59 Å². The molecule has 1 aliphatic rings. The van der Waals surface area contributed by atoms with Gasteiger partial charge in [0.2, 0.25) is 5.91 Å². The quantitative estimate of drug-likeness (QED) is 0.721. The van der Waals surface area contributed by atoms with E-state index in [0.717, 1.165) is 5.56 Å². The Balaban J connectivity index is 1.55. The molecule has 102 valence electrons. The summed E-state index contributed by atoms with van der Waals surface area (Å²) in [6.07, 6.45) is 0.450. The number of hydrogen-bond acceptors (Lipinski definition) is 3. The Hall–Kier alpha value is -1.88. The van der Waals surface area contributed by atoms with Crippen LogP contribution in [0.5, 0.6) is 0 Å². The third-order valence-electron chi connectivity index (χ3n) is 3.10. The van der Waals surface area contributed by atoms with Crippen LogP contribution in [0.25, 0.3) is 0 Å². The number of nitrogens with one attached hydrogen (secondary N) is 1. The first-order chi connectivity index (χ1) is 9.18. The summed E-state index contributed by atoms with van der Waals surface area (Å²) < 4.78 is 5.41. The number of amides is 1. The highest BCUT2D eigenvalue weighted by molar-refractivity contribution is 5.89. The molecule has 1 amide bonds. The van der Waals surface area contributed by atoms with E-state index in [2.05, 4.69) is 5.32 Å². The molecule has 2 N–H and O–H groups in total. The summed E-state index contributed by atoms with van der Waals surface area (Å²) in [7, 11) is 0. The fraction of sp³-hybridized carbons (Fsp3) is 0.429. The Bertz CT molecular complexity index is 446. The number of benzene rings is 1. The maximum Gasteiger partial charge on any atom is 0.307 e. The molecule has 5 nitrogen and oxygen atoms in total. The Morgan fingerprint density at radius 3 is 2.63 bits per heavy atom. The first kappa shape index (κ1) is 13.5. The normalized spacial score (nSPS) is 20.8. The van der Waals surface area contributed by atoms with E-state index >= 15 is 0 Å². The lowest BCUT2D eigenvalue weighted by atomic mass is 10.2. The molecule has 0 bridgehead atoms. The highest BCUT2D eigenvalue weighted by atomic mass is 16.5. The van der Waals surface area contributed by atoms with Crippen molar-refractivity contribution >= 4 is 11.9 Å². The van der Waals surface area contributed by atoms with Gasteiger partial charge in [-0.1, -0.05) is 30.3 Å². The van der Waals surface area contributed by atoms with Crippen LogP contribution < -0.4 is 5.32 Å². The Kier molecular flexibility index (Phi) is 4.52. The van der Waals surface area contributed by atoms with Crippen molar-refractivity contribution in [3.63, 3.8) is 0 Å². The predicted octanol–water partition coefficient (Wildman–Crippen LogP) is 1.04. The van der Waals surface area contributed by atoms with Crippen molar-refractivity contribution in [2.75, 3.05) is 13.2 Å². The number of carbonyl (C=O) groups excluding carboxylic acids is 1. The second kappa shape index (κ2) is 6.33. The van der Waals surface area contributed by atoms with Crippen molar-refractivity contribution in [1.29, 1.82) is 0 Å². The van der Waals surface area contributed by atoms with Crippen molar-refractivity contribution in [2.45, 2.75) is 13.0 Å². The molecule has 0 saturated heterocycles. The molecule has 1 fully saturated rings. The van der Waals surface area contributed by atoms with E-state index in [1.807, 2.05) is 30.3 Å². The molecule has 5 heteroatoms. The maximum atomic E-state index is 11.5. The largest absolute Gasteiger partial charge is 0.481 e. The number of rotatable bonds is 7. The van der Waals surface area contributed by atoms with Gasteiger partial charge in [0.15, 0.2) is 0 Å². The third-order valence-corrected chi connectivity index (χ3v) is 3.10. The van der Waals surface area contributed by atoms with Crippen LogP contribution in [0.15, 0.2) is 30.3 Å².